The predicted molar refractivity (Wildman–Crippen MR) is 74.3 cm³/mol. The highest BCUT2D eigenvalue weighted by Crippen LogP contribution is 2.10. The predicted octanol–water partition coefficient (Wildman–Crippen LogP) is 1.89. The molecule has 0 atom stereocenters. The Kier molecular flexibility index (Phi) is 5.00. The Bertz CT molecular complexity index is 437. The molecule has 1 saturated heterocycles. The summed E-state index contributed by atoms with van der Waals surface area (Å²) in [5.41, 5.74) is 0.943. The van der Waals surface area contributed by atoms with Crippen molar-refractivity contribution in [2.75, 3.05) is 32.8 Å². The second-order valence-corrected chi connectivity index (χ2v) is 5.66. The van der Waals surface area contributed by atoms with Gasteiger partial charge in [-0.3, -0.25) is 4.90 Å². The molecular formula is C14H23N3O3. The smallest absolute Gasteiger partial charge is 0.409 e. The van der Waals surface area contributed by atoms with Gasteiger partial charge >= 0.3 is 6.09 Å². The molecular weight excluding hydrogens is 258 g/mol. The van der Waals surface area contributed by atoms with E-state index in [0.29, 0.717) is 25.6 Å². The minimum atomic E-state index is -0.198. The number of aromatic nitrogens is 1. The third-order valence-corrected chi connectivity index (χ3v) is 3.23. The minimum absolute atomic E-state index is 0.198. The highest BCUT2D eigenvalue weighted by molar-refractivity contribution is 5.67. The maximum atomic E-state index is 11.8. The number of nitrogens with zero attached hydrogens (tertiary/aromatic N) is 3. The molecule has 0 unspecified atom stereocenters. The first-order valence-corrected chi connectivity index (χ1v) is 7.11. The summed E-state index contributed by atoms with van der Waals surface area (Å²) in [4.78, 5) is 15.9. The van der Waals surface area contributed by atoms with Gasteiger partial charge in [0.15, 0.2) is 0 Å². The number of aryl methyl sites for hydroxylation is 1. The Balaban J connectivity index is 1.73. The molecule has 1 aliphatic heterocycles. The summed E-state index contributed by atoms with van der Waals surface area (Å²) in [5, 5.41) is 3.99. The van der Waals surface area contributed by atoms with Crippen molar-refractivity contribution in [2.24, 2.45) is 5.92 Å². The summed E-state index contributed by atoms with van der Waals surface area (Å²) < 4.78 is 10.3. The fraction of sp³-hybridized carbons (Fsp3) is 0.714. The van der Waals surface area contributed by atoms with Crippen LogP contribution in [0.15, 0.2) is 10.6 Å². The van der Waals surface area contributed by atoms with Crippen molar-refractivity contribution in [3.05, 3.63) is 17.5 Å². The third kappa shape index (κ3) is 4.23. The van der Waals surface area contributed by atoms with Crippen LogP contribution in [0.1, 0.15) is 25.3 Å². The van der Waals surface area contributed by atoms with Crippen molar-refractivity contribution in [1.82, 2.24) is 15.0 Å². The van der Waals surface area contributed by atoms with Crippen LogP contribution in [-0.4, -0.2) is 53.8 Å². The largest absolute Gasteiger partial charge is 0.449 e. The van der Waals surface area contributed by atoms with Crippen LogP contribution >= 0.6 is 0 Å². The first kappa shape index (κ1) is 14.8. The molecule has 6 heteroatoms. The molecule has 0 bridgehead atoms. The van der Waals surface area contributed by atoms with E-state index in [2.05, 4.69) is 10.1 Å². The molecule has 2 rings (SSSR count). The molecule has 20 heavy (non-hydrogen) atoms. The van der Waals surface area contributed by atoms with Gasteiger partial charge in [0, 0.05) is 38.8 Å². The maximum absolute atomic E-state index is 11.8. The summed E-state index contributed by atoms with van der Waals surface area (Å²) in [5.74, 6) is 1.20. The Morgan fingerprint density at radius 2 is 2.10 bits per heavy atom. The van der Waals surface area contributed by atoms with Crippen LogP contribution in [-0.2, 0) is 11.3 Å². The number of rotatable bonds is 4. The average Bonchev–Trinajstić information content (AvgIpc) is 2.82. The number of amides is 1. The summed E-state index contributed by atoms with van der Waals surface area (Å²) in [6.07, 6.45) is -0.198. The van der Waals surface area contributed by atoms with Crippen molar-refractivity contribution in [1.29, 1.82) is 0 Å². The molecule has 0 radical (unpaired) electrons. The highest BCUT2D eigenvalue weighted by atomic mass is 16.6. The molecule has 0 N–H and O–H groups in total. The zero-order valence-electron chi connectivity index (χ0n) is 12.5. The van der Waals surface area contributed by atoms with Gasteiger partial charge in [-0.05, 0) is 12.8 Å². The number of piperazine rings is 1. The second kappa shape index (κ2) is 6.74. The van der Waals surface area contributed by atoms with E-state index < -0.39 is 0 Å². The molecule has 1 aromatic rings. The lowest BCUT2D eigenvalue weighted by molar-refractivity contribution is 0.0671. The zero-order chi connectivity index (χ0) is 14.5. The molecule has 112 valence electrons. The number of hydrogen-bond acceptors (Lipinski definition) is 5. The molecule has 0 spiro atoms. The quantitative estimate of drug-likeness (QED) is 0.843. The Hall–Kier alpha value is -1.56. The molecule has 0 saturated carbocycles. The topological polar surface area (TPSA) is 58.8 Å². The lowest BCUT2D eigenvalue weighted by Crippen LogP contribution is -2.48. The van der Waals surface area contributed by atoms with Gasteiger partial charge in [-0.25, -0.2) is 4.79 Å². The van der Waals surface area contributed by atoms with Crippen LogP contribution in [0.4, 0.5) is 4.79 Å². The van der Waals surface area contributed by atoms with E-state index in [1.165, 1.54) is 0 Å². The Morgan fingerprint density at radius 1 is 1.40 bits per heavy atom. The van der Waals surface area contributed by atoms with Crippen molar-refractivity contribution < 1.29 is 14.1 Å². The van der Waals surface area contributed by atoms with Crippen LogP contribution in [0, 0.1) is 12.8 Å². The molecule has 1 aliphatic rings. The van der Waals surface area contributed by atoms with Crippen LogP contribution in [0.25, 0.3) is 0 Å². The van der Waals surface area contributed by atoms with E-state index in [9.17, 15) is 4.79 Å². The average molecular weight is 281 g/mol. The second-order valence-electron chi connectivity index (χ2n) is 5.66. The number of carbonyl (C=O) groups excluding carboxylic acids is 1. The standard InChI is InChI=1S/C14H23N3O3/c1-11(2)10-19-14(18)17-6-4-16(5-7-17)9-13-8-12(3)20-15-13/h8,11H,4-7,9-10H2,1-3H3. The van der Waals surface area contributed by atoms with Crippen LogP contribution in [0.2, 0.25) is 0 Å². The van der Waals surface area contributed by atoms with Gasteiger partial charge in [-0.1, -0.05) is 19.0 Å². The van der Waals surface area contributed by atoms with Gasteiger partial charge in [0.2, 0.25) is 0 Å². The molecule has 1 amide bonds. The van der Waals surface area contributed by atoms with Gasteiger partial charge < -0.3 is 14.2 Å². The Labute approximate surface area is 119 Å². The van der Waals surface area contributed by atoms with Crippen molar-refractivity contribution >= 4 is 6.09 Å². The van der Waals surface area contributed by atoms with Crippen LogP contribution in [0.3, 0.4) is 0 Å². The van der Waals surface area contributed by atoms with E-state index >= 15 is 0 Å². The van der Waals surface area contributed by atoms with Crippen molar-refractivity contribution in [3.63, 3.8) is 0 Å². The van der Waals surface area contributed by atoms with E-state index in [0.717, 1.165) is 31.1 Å². The van der Waals surface area contributed by atoms with E-state index in [4.69, 9.17) is 9.26 Å². The van der Waals surface area contributed by atoms with E-state index in [-0.39, 0.29) is 6.09 Å². The zero-order valence-corrected chi connectivity index (χ0v) is 12.5. The number of hydrogen-bond donors (Lipinski definition) is 0. The highest BCUT2D eigenvalue weighted by Gasteiger charge is 2.22. The fourth-order valence-electron chi connectivity index (χ4n) is 2.14. The van der Waals surface area contributed by atoms with Gasteiger partial charge in [0.25, 0.3) is 0 Å². The lowest BCUT2D eigenvalue weighted by Gasteiger charge is -2.33. The minimum Gasteiger partial charge on any atom is -0.449 e. The Morgan fingerprint density at radius 3 is 2.65 bits per heavy atom. The monoisotopic (exact) mass is 281 g/mol. The number of carbonyl (C=O) groups is 1. The van der Waals surface area contributed by atoms with Crippen molar-refractivity contribution in [3.8, 4) is 0 Å². The summed E-state index contributed by atoms with van der Waals surface area (Å²) in [6, 6.07) is 1.95. The van der Waals surface area contributed by atoms with Gasteiger partial charge in [-0.15, -0.1) is 0 Å². The normalized spacial score (nSPS) is 16.7. The maximum Gasteiger partial charge on any atom is 0.409 e. The number of ether oxygens (including phenoxy) is 1. The van der Waals surface area contributed by atoms with Crippen LogP contribution in [0.5, 0.6) is 0 Å². The molecule has 1 aromatic heterocycles. The lowest BCUT2D eigenvalue weighted by atomic mass is 10.2. The molecule has 0 aromatic carbocycles. The summed E-state index contributed by atoms with van der Waals surface area (Å²) >= 11 is 0. The molecule has 0 aliphatic carbocycles. The van der Waals surface area contributed by atoms with Gasteiger partial charge in [0.05, 0.1) is 12.3 Å². The SMILES string of the molecule is Cc1cc(CN2CCN(C(=O)OCC(C)C)CC2)no1. The third-order valence-electron chi connectivity index (χ3n) is 3.23. The van der Waals surface area contributed by atoms with Crippen molar-refractivity contribution in [2.45, 2.75) is 27.3 Å². The van der Waals surface area contributed by atoms with Crippen LogP contribution < -0.4 is 0 Å². The van der Waals surface area contributed by atoms with Gasteiger partial charge in [-0.2, -0.15) is 0 Å². The van der Waals surface area contributed by atoms with E-state index in [1.807, 2.05) is 26.8 Å². The van der Waals surface area contributed by atoms with Gasteiger partial charge in [0.1, 0.15) is 5.76 Å². The molecule has 2 heterocycles. The fourth-order valence-corrected chi connectivity index (χ4v) is 2.14. The summed E-state index contributed by atoms with van der Waals surface area (Å²) in [6.45, 7) is 10.3. The van der Waals surface area contributed by atoms with E-state index in [1.54, 1.807) is 4.90 Å². The molecule has 1 fully saturated rings. The molecule has 6 nitrogen and oxygen atoms in total. The summed E-state index contributed by atoms with van der Waals surface area (Å²) in [7, 11) is 0. The first-order chi connectivity index (χ1) is 9.54. The first-order valence-electron chi connectivity index (χ1n) is 7.11.